The lowest BCUT2D eigenvalue weighted by atomic mass is 10.3. The molecule has 1 aromatic carbocycles. The van der Waals surface area contributed by atoms with Crippen molar-refractivity contribution in [2.75, 3.05) is 5.32 Å². The third-order valence-corrected chi connectivity index (χ3v) is 3.00. The molecule has 0 fully saturated rings. The maximum Gasteiger partial charge on any atom is 0.310 e. The largest absolute Gasteiger partial charge is 0.423 e. The van der Waals surface area contributed by atoms with E-state index in [1.807, 2.05) is 0 Å². The average Bonchev–Trinajstić information content (AvgIpc) is 3.13. The highest BCUT2D eigenvalue weighted by Crippen LogP contribution is 2.17. The smallest absolute Gasteiger partial charge is 0.310 e. The number of benzene rings is 1. The lowest BCUT2D eigenvalue weighted by molar-refractivity contribution is 0.102. The number of aromatic nitrogens is 6. The summed E-state index contributed by atoms with van der Waals surface area (Å²) in [5.41, 5.74) is 0.560. The first-order valence-corrected chi connectivity index (χ1v) is 6.18. The van der Waals surface area contributed by atoms with Crippen molar-refractivity contribution in [1.82, 2.24) is 30.0 Å². The van der Waals surface area contributed by atoms with Gasteiger partial charge in [-0.2, -0.15) is 10.2 Å². The first-order chi connectivity index (χ1) is 10.7. The number of oxazole rings is 1. The molecule has 10 heteroatoms. The van der Waals surface area contributed by atoms with Crippen LogP contribution in [-0.2, 0) is 0 Å². The highest BCUT2D eigenvalue weighted by Gasteiger charge is 2.16. The van der Waals surface area contributed by atoms with E-state index in [2.05, 4.69) is 30.9 Å². The minimum Gasteiger partial charge on any atom is -0.423 e. The van der Waals surface area contributed by atoms with Crippen LogP contribution >= 0.6 is 0 Å². The van der Waals surface area contributed by atoms with Gasteiger partial charge in [0.2, 0.25) is 0 Å². The molecular formula is C12H7N7O3. The van der Waals surface area contributed by atoms with Crippen molar-refractivity contribution < 1.29 is 9.21 Å². The van der Waals surface area contributed by atoms with E-state index < -0.39 is 11.5 Å². The molecule has 3 heterocycles. The van der Waals surface area contributed by atoms with Crippen LogP contribution in [0.1, 0.15) is 10.5 Å². The normalized spacial score (nSPS) is 11.1. The maximum absolute atomic E-state index is 12.2. The van der Waals surface area contributed by atoms with Crippen molar-refractivity contribution in [3.05, 3.63) is 46.4 Å². The van der Waals surface area contributed by atoms with Crippen molar-refractivity contribution in [3.63, 3.8) is 0 Å². The summed E-state index contributed by atoms with van der Waals surface area (Å²) in [4.78, 5) is 28.3. The van der Waals surface area contributed by atoms with Crippen LogP contribution < -0.4 is 10.9 Å². The molecule has 22 heavy (non-hydrogen) atoms. The third-order valence-electron chi connectivity index (χ3n) is 3.00. The molecule has 0 saturated carbocycles. The molecule has 0 aliphatic heterocycles. The van der Waals surface area contributed by atoms with Gasteiger partial charge in [-0.15, -0.1) is 5.10 Å². The summed E-state index contributed by atoms with van der Waals surface area (Å²) < 4.78 is 6.77. The Hall–Kier alpha value is -3.56. The Morgan fingerprint density at radius 2 is 2.18 bits per heavy atom. The third kappa shape index (κ3) is 1.82. The average molecular weight is 297 g/mol. The molecular weight excluding hydrogens is 290 g/mol. The molecule has 2 N–H and O–H groups in total. The summed E-state index contributed by atoms with van der Waals surface area (Å²) in [5.74, 6) is -0.620. The summed E-state index contributed by atoms with van der Waals surface area (Å²) in [6.45, 7) is 0. The monoisotopic (exact) mass is 297 g/mol. The van der Waals surface area contributed by atoms with Gasteiger partial charge in [-0.1, -0.05) is 17.2 Å². The Labute approximate surface area is 120 Å². The predicted octanol–water partition coefficient (Wildman–Crippen LogP) is 0.206. The zero-order chi connectivity index (χ0) is 15.1. The van der Waals surface area contributed by atoms with Gasteiger partial charge in [0.25, 0.3) is 17.4 Å². The number of nitrogens with one attached hydrogen (secondary N) is 2. The predicted molar refractivity (Wildman–Crippen MR) is 73.4 cm³/mol. The number of fused-ring (bicyclic) bond motifs is 3. The molecule has 108 valence electrons. The van der Waals surface area contributed by atoms with Crippen molar-refractivity contribution in [2.24, 2.45) is 0 Å². The number of hydrogen-bond acceptors (Lipinski definition) is 7. The van der Waals surface area contributed by atoms with Crippen LogP contribution in [0.4, 0.5) is 5.95 Å². The number of aromatic amines is 1. The minimum atomic E-state index is -0.638. The Bertz CT molecular complexity index is 1050. The number of tetrazole rings is 1. The topological polar surface area (TPSA) is 131 Å². The van der Waals surface area contributed by atoms with Crippen molar-refractivity contribution in [2.45, 2.75) is 0 Å². The van der Waals surface area contributed by atoms with E-state index in [4.69, 9.17) is 4.42 Å². The lowest BCUT2D eigenvalue weighted by Crippen LogP contribution is -2.21. The number of para-hydroxylation sites is 2. The molecule has 4 rings (SSSR count). The van der Waals surface area contributed by atoms with E-state index in [9.17, 15) is 9.59 Å². The molecule has 0 saturated heterocycles. The van der Waals surface area contributed by atoms with E-state index in [-0.39, 0.29) is 17.5 Å². The van der Waals surface area contributed by atoms with Gasteiger partial charge < -0.3 is 4.42 Å². The number of H-pyrrole nitrogens is 1. The van der Waals surface area contributed by atoms with Gasteiger partial charge in [0.05, 0.1) is 5.52 Å². The quantitative estimate of drug-likeness (QED) is 0.540. The second kappa shape index (κ2) is 4.48. The van der Waals surface area contributed by atoms with Gasteiger partial charge >= 0.3 is 5.84 Å². The Kier molecular flexibility index (Phi) is 2.48. The number of rotatable bonds is 2. The summed E-state index contributed by atoms with van der Waals surface area (Å²) in [6, 6.07) is 8.11. The van der Waals surface area contributed by atoms with Gasteiger partial charge in [-0.05, 0) is 17.3 Å². The Morgan fingerprint density at radius 3 is 3.00 bits per heavy atom. The molecule has 0 radical (unpaired) electrons. The van der Waals surface area contributed by atoms with Crippen LogP contribution in [0.15, 0.2) is 39.5 Å². The molecule has 4 aromatic rings. The number of carbonyl (C=O) groups is 1. The van der Waals surface area contributed by atoms with Gasteiger partial charge in [0.1, 0.15) is 5.69 Å². The number of nitrogens with zero attached hydrogens (tertiary/aromatic N) is 5. The van der Waals surface area contributed by atoms with Crippen molar-refractivity contribution >= 4 is 28.8 Å². The molecule has 1 amide bonds. The van der Waals surface area contributed by atoms with Crippen LogP contribution in [0, 0.1) is 0 Å². The highest BCUT2D eigenvalue weighted by molar-refractivity contribution is 6.02. The molecule has 0 atom stereocenters. The summed E-state index contributed by atoms with van der Waals surface area (Å²) >= 11 is 0. The number of amides is 1. The molecule has 3 aromatic heterocycles. The van der Waals surface area contributed by atoms with E-state index in [0.29, 0.717) is 11.1 Å². The molecule has 0 spiro atoms. The van der Waals surface area contributed by atoms with E-state index in [0.717, 1.165) is 6.07 Å². The molecule has 0 unspecified atom stereocenters. The zero-order valence-corrected chi connectivity index (χ0v) is 10.8. The zero-order valence-electron chi connectivity index (χ0n) is 10.8. The van der Waals surface area contributed by atoms with Crippen LogP contribution in [-0.4, -0.2) is 35.9 Å². The highest BCUT2D eigenvalue weighted by atomic mass is 16.4. The summed E-state index contributed by atoms with van der Waals surface area (Å²) in [6.07, 6.45) is 0. The second-order valence-corrected chi connectivity index (χ2v) is 4.36. The number of hydrogen-bond donors (Lipinski definition) is 2. The fourth-order valence-corrected chi connectivity index (χ4v) is 2.07. The molecule has 0 aliphatic carbocycles. The van der Waals surface area contributed by atoms with Crippen LogP contribution in [0.5, 0.6) is 0 Å². The van der Waals surface area contributed by atoms with Gasteiger partial charge in [-0.3, -0.25) is 14.9 Å². The summed E-state index contributed by atoms with van der Waals surface area (Å²) in [7, 11) is 0. The molecule has 0 aliphatic rings. The summed E-state index contributed by atoms with van der Waals surface area (Å²) in [5, 5.41) is 15.0. The number of anilines is 1. The minimum absolute atomic E-state index is 0.0170. The SMILES string of the molecule is O=C(Nc1nn[nH]n1)c1cc(=O)n2c(n1)oc1ccccc12. The van der Waals surface area contributed by atoms with Gasteiger partial charge in [0.15, 0.2) is 5.58 Å². The van der Waals surface area contributed by atoms with Crippen molar-refractivity contribution in [3.8, 4) is 0 Å². The lowest BCUT2D eigenvalue weighted by Gasteiger charge is -1.99. The van der Waals surface area contributed by atoms with Crippen LogP contribution in [0.3, 0.4) is 0 Å². The first kappa shape index (κ1) is 12.2. The van der Waals surface area contributed by atoms with E-state index in [1.54, 1.807) is 24.3 Å². The fourth-order valence-electron chi connectivity index (χ4n) is 2.07. The second-order valence-electron chi connectivity index (χ2n) is 4.36. The fraction of sp³-hybridized carbons (Fsp3) is 0. The van der Waals surface area contributed by atoms with Crippen LogP contribution in [0.25, 0.3) is 16.9 Å². The standard InChI is InChI=1S/C12H7N7O3/c20-9-5-6(10(21)14-11-15-17-18-16-11)13-12-19(9)7-3-1-2-4-8(7)22-12/h1-5H,(H2,14,15,16,17,18,21). The molecule has 10 nitrogen and oxygen atoms in total. The van der Waals surface area contributed by atoms with E-state index >= 15 is 0 Å². The Balaban J connectivity index is 1.84. The molecule has 0 bridgehead atoms. The van der Waals surface area contributed by atoms with E-state index in [1.165, 1.54) is 4.40 Å². The number of carbonyl (C=O) groups excluding carboxylic acids is 1. The van der Waals surface area contributed by atoms with Crippen molar-refractivity contribution in [1.29, 1.82) is 0 Å². The maximum atomic E-state index is 12.2. The Morgan fingerprint density at radius 1 is 1.32 bits per heavy atom. The van der Waals surface area contributed by atoms with Gasteiger partial charge in [0, 0.05) is 6.07 Å². The first-order valence-electron chi connectivity index (χ1n) is 6.18. The van der Waals surface area contributed by atoms with Crippen LogP contribution in [0.2, 0.25) is 0 Å². The van der Waals surface area contributed by atoms with Gasteiger partial charge in [-0.25, -0.2) is 4.40 Å².